The number of halogens is 1. The molecule has 1 amide bonds. The number of hydrogen-bond acceptors (Lipinski definition) is 3. The Bertz CT molecular complexity index is 792. The first-order valence-electron chi connectivity index (χ1n) is 8.89. The maximum Gasteiger partial charge on any atom is 0.255 e. The van der Waals surface area contributed by atoms with Gasteiger partial charge in [0.15, 0.2) is 0 Å². The van der Waals surface area contributed by atoms with E-state index < -0.39 is 0 Å². The van der Waals surface area contributed by atoms with Crippen LogP contribution < -0.4 is 5.32 Å². The highest BCUT2D eigenvalue weighted by molar-refractivity contribution is 6.32. The molecule has 2 aliphatic rings. The van der Waals surface area contributed by atoms with Gasteiger partial charge in [0, 0.05) is 19.1 Å². The Kier molecular flexibility index (Phi) is 4.52. The molecule has 1 unspecified atom stereocenters. The van der Waals surface area contributed by atoms with Crippen LogP contribution in [0.15, 0.2) is 24.3 Å². The molecule has 132 valence electrons. The minimum Gasteiger partial charge on any atom is -0.376 e. The number of aromatic nitrogens is 2. The van der Waals surface area contributed by atoms with Crippen LogP contribution in [0.3, 0.4) is 0 Å². The van der Waals surface area contributed by atoms with Crippen LogP contribution in [-0.4, -0.2) is 34.9 Å². The van der Waals surface area contributed by atoms with Gasteiger partial charge in [-0.25, -0.2) is 4.68 Å². The molecule has 0 spiro atoms. The number of rotatable bonds is 5. The summed E-state index contributed by atoms with van der Waals surface area (Å²) in [4.78, 5) is 12.9. The fourth-order valence-corrected chi connectivity index (χ4v) is 3.62. The molecule has 2 fully saturated rings. The summed E-state index contributed by atoms with van der Waals surface area (Å²) in [6.07, 6.45) is 4.38. The van der Waals surface area contributed by atoms with Gasteiger partial charge in [0.05, 0.1) is 33.8 Å². The van der Waals surface area contributed by atoms with Gasteiger partial charge in [-0.15, -0.1) is 0 Å². The number of nitrogens with zero attached hydrogens (tertiary/aromatic N) is 2. The second-order valence-electron chi connectivity index (χ2n) is 6.83. The summed E-state index contributed by atoms with van der Waals surface area (Å²) in [7, 11) is 0. The van der Waals surface area contributed by atoms with Gasteiger partial charge in [-0.2, -0.15) is 5.10 Å². The maximum atomic E-state index is 12.9. The summed E-state index contributed by atoms with van der Waals surface area (Å²) < 4.78 is 7.40. The zero-order valence-corrected chi connectivity index (χ0v) is 15.1. The first kappa shape index (κ1) is 16.6. The lowest BCUT2D eigenvalue weighted by Crippen LogP contribution is -2.32. The molecule has 5 nitrogen and oxygen atoms in total. The summed E-state index contributed by atoms with van der Waals surface area (Å²) in [6, 6.07) is 7.58. The Morgan fingerprint density at radius 1 is 1.36 bits per heavy atom. The van der Waals surface area contributed by atoms with E-state index in [1.165, 1.54) is 0 Å². The lowest BCUT2D eigenvalue weighted by molar-refractivity contribution is 0.0856. The van der Waals surface area contributed by atoms with E-state index in [4.69, 9.17) is 21.4 Å². The third-order valence-corrected chi connectivity index (χ3v) is 5.25. The van der Waals surface area contributed by atoms with E-state index in [0.717, 1.165) is 49.4 Å². The molecular weight excluding hydrogens is 338 g/mol. The Balaban J connectivity index is 1.64. The molecule has 1 aliphatic carbocycles. The van der Waals surface area contributed by atoms with E-state index in [1.54, 1.807) is 4.68 Å². The molecule has 1 N–H and O–H groups in total. The van der Waals surface area contributed by atoms with Crippen LogP contribution in [0, 0.1) is 6.92 Å². The van der Waals surface area contributed by atoms with E-state index in [1.807, 2.05) is 31.2 Å². The van der Waals surface area contributed by atoms with E-state index in [-0.39, 0.29) is 12.0 Å². The van der Waals surface area contributed by atoms with Crippen molar-refractivity contribution < 1.29 is 9.53 Å². The average molecular weight is 360 g/mol. The molecule has 1 saturated heterocycles. The minimum atomic E-state index is -0.0618. The van der Waals surface area contributed by atoms with Crippen LogP contribution in [0.2, 0.25) is 5.02 Å². The number of carbonyl (C=O) groups is 1. The van der Waals surface area contributed by atoms with Gasteiger partial charge in [-0.05, 0) is 44.7 Å². The van der Waals surface area contributed by atoms with Crippen molar-refractivity contribution in [2.45, 2.75) is 44.6 Å². The number of benzene rings is 1. The molecule has 0 radical (unpaired) electrons. The van der Waals surface area contributed by atoms with Crippen molar-refractivity contribution in [3.05, 3.63) is 46.2 Å². The first-order chi connectivity index (χ1) is 12.1. The molecule has 1 aromatic carbocycles. The fraction of sp³-hybridized carbons (Fsp3) is 0.474. The van der Waals surface area contributed by atoms with Crippen molar-refractivity contribution in [2.24, 2.45) is 0 Å². The van der Waals surface area contributed by atoms with E-state index >= 15 is 0 Å². The standard InChI is InChI=1S/C19H22ClN3O2/c1-12-17(19(24)21-11-14-5-4-10-25-14)18(13-8-9-13)22-23(12)16-7-3-2-6-15(16)20/h2-3,6-7,13-14H,4-5,8-11H2,1H3,(H,21,24). The molecule has 1 atom stereocenters. The number of para-hydroxylation sites is 1. The molecule has 4 rings (SSSR count). The minimum absolute atomic E-state index is 0.0618. The largest absolute Gasteiger partial charge is 0.376 e. The van der Waals surface area contributed by atoms with Crippen molar-refractivity contribution >= 4 is 17.5 Å². The number of ether oxygens (including phenoxy) is 1. The molecule has 25 heavy (non-hydrogen) atoms. The van der Waals surface area contributed by atoms with Crippen molar-refractivity contribution in [2.75, 3.05) is 13.2 Å². The molecule has 2 heterocycles. The Morgan fingerprint density at radius 3 is 2.84 bits per heavy atom. The summed E-state index contributed by atoms with van der Waals surface area (Å²) in [5, 5.41) is 8.40. The SMILES string of the molecule is Cc1c(C(=O)NCC2CCCO2)c(C2CC2)nn1-c1ccccc1Cl. The smallest absolute Gasteiger partial charge is 0.255 e. The van der Waals surface area contributed by atoms with Crippen LogP contribution in [0.1, 0.15) is 53.3 Å². The fourth-order valence-electron chi connectivity index (χ4n) is 3.41. The molecule has 0 bridgehead atoms. The summed E-state index contributed by atoms with van der Waals surface area (Å²) in [6.45, 7) is 3.28. The Hall–Kier alpha value is -1.85. The van der Waals surface area contributed by atoms with Crippen molar-refractivity contribution in [3.8, 4) is 5.69 Å². The lowest BCUT2D eigenvalue weighted by atomic mass is 10.1. The molecular formula is C19H22ClN3O2. The van der Waals surface area contributed by atoms with Gasteiger partial charge in [0.2, 0.25) is 0 Å². The Morgan fingerprint density at radius 2 is 2.16 bits per heavy atom. The van der Waals surface area contributed by atoms with Gasteiger partial charge in [0.25, 0.3) is 5.91 Å². The highest BCUT2D eigenvalue weighted by Gasteiger charge is 2.34. The van der Waals surface area contributed by atoms with Gasteiger partial charge < -0.3 is 10.1 Å². The molecule has 1 aliphatic heterocycles. The topological polar surface area (TPSA) is 56.1 Å². The lowest BCUT2D eigenvalue weighted by Gasteiger charge is -2.11. The van der Waals surface area contributed by atoms with E-state index in [0.29, 0.717) is 23.0 Å². The van der Waals surface area contributed by atoms with Gasteiger partial charge in [-0.1, -0.05) is 23.7 Å². The predicted octanol–water partition coefficient (Wildman–Crippen LogP) is 3.62. The predicted molar refractivity (Wildman–Crippen MR) is 96.6 cm³/mol. The highest BCUT2D eigenvalue weighted by atomic mass is 35.5. The van der Waals surface area contributed by atoms with Crippen LogP contribution >= 0.6 is 11.6 Å². The monoisotopic (exact) mass is 359 g/mol. The normalized spacial score (nSPS) is 20.0. The third-order valence-electron chi connectivity index (χ3n) is 4.93. The average Bonchev–Trinajstić information content (AvgIpc) is 3.21. The molecule has 6 heteroatoms. The third kappa shape index (κ3) is 3.31. The van der Waals surface area contributed by atoms with E-state index in [2.05, 4.69) is 5.32 Å². The molecule has 1 aromatic heterocycles. The molecule has 2 aromatic rings. The quantitative estimate of drug-likeness (QED) is 0.887. The second-order valence-corrected chi connectivity index (χ2v) is 7.24. The zero-order valence-electron chi connectivity index (χ0n) is 14.3. The van der Waals surface area contributed by atoms with Gasteiger partial charge in [-0.3, -0.25) is 4.79 Å². The summed E-state index contributed by atoms with van der Waals surface area (Å²) in [5.41, 5.74) is 3.23. The number of hydrogen-bond donors (Lipinski definition) is 1. The first-order valence-corrected chi connectivity index (χ1v) is 9.27. The highest BCUT2D eigenvalue weighted by Crippen LogP contribution is 2.42. The van der Waals surface area contributed by atoms with Crippen LogP contribution in [-0.2, 0) is 4.74 Å². The summed E-state index contributed by atoms with van der Waals surface area (Å²) >= 11 is 6.34. The second kappa shape index (κ2) is 6.81. The molecule has 1 saturated carbocycles. The number of nitrogens with one attached hydrogen (secondary N) is 1. The van der Waals surface area contributed by atoms with Gasteiger partial charge >= 0.3 is 0 Å². The van der Waals surface area contributed by atoms with Crippen molar-refractivity contribution in [1.29, 1.82) is 0 Å². The van der Waals surface area contributed by atoms with Gasteiger partial charge in [0.1, 0.15) is 0 Å². The maximum absolute atomic E-state index is 12.9. The van der Waals surface area contributed by atoms with E-state index in [9.17, 15) is 4.79 Å². The number of carbonyl (C=O) groups excluding carboxylic acids is 1. The van der Waals surface area contributed by atoms with Crippen LogP contribution in [0.5, 0.6) is 0 Å². The summed E-state index contributed by atoms with van der Waals surface area (Å²) in [5.74, 6) is 0.319. The zero-order chi connectivity index (χ0) is 17.4. The van der Waals surface area contributed by atoms with Crippen LogP contribution in [0.4, 0.5) is 0 Å². The van der Waals surface area contributed by atoms with Crippen molar-refractivity contribution in [3.63, 3.8) is 0 Å². The Labute approximate surface area is 152 Å². The van der Waals surface area contributed by atoms with Crippen LogP contribution in [0.25, 0.3) is 5.69 Å². The van der Waals surface area contributed by atoms with Crippen molar-refractivity contribution in [1.82, 2.24) is 15.1 Å². The number of amides is 1.